The third-order valence-electron chi connectivity index (χ3n) is 6.42. The van der Waals surface area contributed by atoms with Crippen LogP contribution in [0.2, 0.25) is 18.1 Å². The molecule has 0 amide bonds. The van der Waals surface area contributed by atoms with Crippen molar-refractivity contribution in [3.05, 3.63) is 48.3 Å². The fourth-order valence-corrected chi connectivity index (χ4v) is 4.34. The Labute approximate surface area is 208 Å². The zero-order valence-electron chi connectivity index (χ0n) is 21.4. The fraction of sp³-hybridized carbons (Fsp3) is 0.480. The second kappa shape index (κ2) is 11.8. The van der Waals surface area contributed by atoms with Crippen LogP contribution < -0.4 is 16.0 Å². The van der Waals surface area contributed by atoms with Gasteiger partial charge in [-0.25, -0.2) is 14.3 Å². The molecule has 0 unspecified atom stereocenters. The monoisotopic (exact) mass is 498 g/mol. The molecule has 1 aromatic carbocycles. The number of carboxylic acid groups (broad SMARTS) is 1. The third kappa shape index (κ3) is 7.34. The van der Waals surface area contributed by atoms with Gasteiger partial charge in [-0.15, -0.1) is 0 Å². The molecule has 0 atom stereocenters. The number of benzene rings is 1. The Hall–Kier alpha value is -2.79. The van der Waals surface area contributed by atoms with Gasteiger partial charge in [0, 0.05) is 51.1 Å². The van der Waals surface area contributed by atoms with Gasteiger partial charge in [0.1, 0.15) is 5.82 Å². The quantitative estimate of drug-likeness (QED) is 0.208. The van der Waals surface area contributed by atoms with Crippen molar-refractivity contribution in [3.63, 3.8) is 0 Å². The normalized spacial score (nSPS) is 12.3. The summed E-state index contributed by atoms with van der Waals surface area (Å²) in [5.41, 5.74) is 2.47. The largest absolute Gasteiger partial charge is 0.478 e. The Kier molecular flexibility index (Phi) is 9.01. The van der Waals surface area contributed by atoms with E-state index in [9.17, 15) is 9.90 Å². The Balaban J connectivity index is 1.39. The van der Waals surface area contributed by atoms with E-state index < -0.39 is 14.3 Å². The summed E-state index contributed by atoms with van der Waals surface area (Å²) in [7, 11) is -1.66. The summed E-state index contributed by atoms with van der Waals surface area (Å²) in [5.74, 6) is -0.211. The molecule has 3 rings (SSSR count). The number of aromatic carboxylic acids is 1. The molecule has 0 aliphatic heterocycles. The van der Waals surface area contributed by atoms with Gasteiger partial charge >= 0.3 is 5.97 Å². The van der Waals surface area contributed by atoms with Crippen molar-refractivity contribution in [1.82, 2.24) is 25.2 Å². The average molecular weight is 499 g/mol. The molecule has 0 fully saturated rings. The van der Waals surface area contributed by atoms with E-state index in [-0.39, 0.29) is 10.6 Å². The van der Waals surface area contributed by atoms with Crippen molar-refractivity contribution < 1.29 is 14.3 Å². The predicted molar refractivity (Wildman–Crippen MR) is 143 cm³/mol. The highest BCUT2D eigenvalue weighted by molar-refractivity contribution is 6.74. The minimum Gasteiger partial charge on any atom is -0.478 e. The van der Waals surface area contributed by atoms with E-state index in [0.717, 1.165) is 56.3 Å². The minimum absolute atomic E-state index is 0.236. The van der Waals surface area contributed by atoms with E-state index in [2.05, 4.69) is 59.9 Å². The summed E-state index contributed by atoms with van der Waals surface area (Å²) in [4.78, 5) is 16.0. The molecule has 0 radical (unpaired) electrons. The molecule has 190 valence electrons. The van der Waals surface area contributed by atoms with Gasteiger partial charge in [-0.2, -0.15) is 5.10 Å². The number of nitrogens with zero attached hydrogens (tertiary/aromatic N) is 3. The van der Waals surface area contributed by atoms with E-state index in [1.807, 2.05) is 18.3 Å². The van der Waals surface area contributed by atoms with Crippen LogP contribution in [0.1, 0.15) is 31.1 Å². The highest BCUT2D eigenvalue weighted by atomic mass is 28.4. The van der Waals surface area contributed by atoms with Crippen molar-refractivity contribution in [2.24, 2.45) is 0 Å². The van der Waals surface area contributed by atoms with Crippen LogP contribution in [-0.4, -0.2) is 73.3 Å². The Morgan fingerprint density at radius 2 is 1.80 bits per heavy atom. The number of hydrogen-bond donors (Lipinski definition) is 4. The number of carbonyl (C=O) groups is 1. The predicted octanol–water partition coefficient (Wildman–Crippen LogP) is 3.71. The molecule has 4 N–H and O–H groups in total. The van der Waals surface area contributed by atoms with Gasteiger partial charge in [-0.3, -0.25) is 0 Å². The minimum atomic E-state index is -1.66. The number of anilines is 1. The van der Waals surface area contributed by atoms with E-state index in [4.69, 9.17) is 4.43 Å². The van der Waals surface area contributed by atoms with Crippen LogP contribution in [0.15, 0.2) is 42.7 Å². The topological polar surface area (TPSA) is 113 Å². The lowest BCUT2D eigenvalue weighted by Crippen LogP contribution is -2.42. The van der Waals surface area contributed by atoms with Gasteiger partial charge < -0.3 is 25.5 Å². The first-order valence-electron chi connectivity index (χ1n) is 12.1. The molecule has 0 aliphatic carbocycles. The van der Waals surface area contributed by atoms with E-state index in [1.54, 1.807) is 28.9 Å². The number of fused-ring (bicyclic) bond motifs is 1. The van der Waals surface area contributed by atoms with Crippen molar-refractivity contribution in [2.75, 3.05) is 44.6 Å². The molecule has 0 saturated carbocycles. The summed E-state index contributed by atoms with van der Waals surface area (Å²) < 4.78 is 7.86. The van der Waals surface area contributed by atoms with Gasteiger partial charge in [0.15, 0.2) is 14.0 Å². The zero-order valence-corrected chi connectivity index (χ0v) is 22.4. The molecular formula is C25H38N6O3Si. The van der Waals surface area contributed by atoms with E-state index in [1.165, 1.54) is 0 Å². The van der Waals surface area contributed by atoms with Crippen LogP contribution in [0.3, 0.4) is 0 Å². The van der Waals surface area contributed by atoms with Crippen molar-refractivity contribution in [3.8, 4) is 11.1 Å². The van der Waals surface area contributed by atoms with Crippen LogP contribution in [0.4, 0.5) is 5.82 Å². The van der Waals surface area contributed by atoms with Crippen molar-refractivity contribution in [1.29, 1.82) is 0 Å². The highest BCUT2D eigenvalue weighted by Gasteiger charge is 2.36. The molecule has 0 spiro atoms. The fourth-order valence-electron chi connectivity index (χ4n) is 3.29. The number of hydrogen-bond acceptors (Lipinski definition) is 7. The number of aromatic nitrogens is 3. The average Bonchev–Trinajstić information content (AvgIpc) is 3.23. The molecule has 10 heteroatoms. The molecule has 9 nitrogen and oxygen atoms in total. The smallest absolute Gasteiger partial charge is 0.335 e. The Bertz CT molecular complexity index is 1130. The summed E-state index contributed by atoms with van der Waals surface area (Å²) in [6.07, 6.45) is 3.55. The Morgan fingerprint density at radius 3 is 2.51 bits per heavy atom. The first-order chi connectivity index (χ1) is 16.6. The molecule has 0 aliphatic rings. The molecule has 2 heterocycles. The van der Waals surface area contributed by atoms with Crippen LogP contribution in [0, 0.1) is 0 Å². The van der Waals surface area contributed by atoms with Crippen LogP contribution in [-0.2, 0) is 4.43 Å². The highest BCUT2D eigenvalue weighted by Crippen LogP contribution is 2.36. The van der Waals surface area contributed by atoms with Gasteiger partial charge in [-0.05, 0) is 41.9 Å². The van der Waals surface area contributed by atoms with Gasteiger partial charge in [0.2, 0.25) is 0 Å². The lowest BCUT2D eigenvalue weighted by atomic mass is 10.1. The second-order valence-corrected chi connectivity index (χ2v) is 14.9. The first kappa shape index (κ1) is 26.8. The standard InChI is InChI=1S/C25H38N6O3Si/c1-25(2,3)35(4,5)34-16-14-27-11-10-26-12-13-28-22-9-15-31-23(30-22)21(18-29-31)19-7-6-8-20(17-19)24(32)33/h6-9,15,17-18,26-27H,10-14,16H2,1-5H3,(H,28,30)(H,32,33). The van der Waals surface area contributed by atoms with Crippen LogP contribution in [0.25, 0.3) is 16.8 Å². The molecular weight excluding hydrogens is 460 g/mol. The second-order valence-electron chi connectivity index (χ2n) is 10.1. The SMILES string of the molecule is CC(C)(C)[Si](C)(C)OCCNCCNCCNc1ccn2ncc(-c3cccc(C(=O)O)c3)c2n1. The molecule has 0 bridgehead atoms. The maximum absolute atomic E-state index is 11.3. The molecule has 0 saturated heterocycles. The molecule has 35 heavy (non-hydrogen) atoms. The Morgan fingerprint density at radius 1 is 1.09 bits per heavy atom. The summed E-state index contributed by atoms with van der Waals surface area (Å²) in [6, 6.07) is 8.68. The zero-order chi connectivity index (χ0) is 25.5. The number of nitrogens with one attached hydrogen (secondary N) is 3. The van der Waals surface area contributed by atoms with E-state index >= 15 is 0 Å². The molecule has 2 aromatic heterocycles. The number of rotatable bonds is 13. The van der Waals surface area contributed by atoms with Crippen LogP contribution >= 0.6 is 0 Å². The van der Waals surface area contributed by atoms with Gasteiger partial charge in [-0.1, -0.05) is 32.9 Å². The summed E-state index contributed by atoms with van der Waals surface area (Å²) >= 11 is 0. The maximum Gasteiger partial charge on any atom is 0.335 e. The first-order valence-corrected chi connectivity index (χ1v) is 15.0. The van der Waals surface area contributed by atoms with Crippen LogP contribution in [0.5, 0.6) is 0 Å². The molecule has 3 aromatic rings. The maximum atomic E-state index is 11.3. The number of carboxylic acids is 1. The summed E-state index contributed by atoms with van der Waals surface area (Å²) in [5, 5.41) is 24.0. The third-order valence-corrected chi connectivity index (χ3v) is 11.0. The van der Waals surface area contributed by atoms with Gasteiger partial charge in [0.05, 0.1) is 11.8 Å². The lowest BCUT2D eigenvalue weighted by molar-refractivity contribution is 0.0697. The summed E-state index contributed by atoms with van der Waals surface area (Å²) in [6.45, 7) is 16.2. The van der Waals surface area contributed by atoms with Crippen molar-refractivity contribution >= 4 is 25.8 Å². The van der Waals surface area contributed by atoms with E-state index in [0.29, 0.717) is 5.65 Å². The van der Waals surface area contributed by atoms with Gasteiger partial charge in [0.25, 0.3) is 0 Å². The lowest BCUT2D eigenvalue weighted by Gasteiger charge is -2.36. The van der Waals surface area contributed by atoms with Crippen molar-refractivity contribution in [2.45, 2.75) is 38.9 Å².